The number of anilines is 1. The van der Waals surface area contributed by atoms with Crippen LogP contribution in [0.4, 0.5) is 5.69 Å². The Hall–Kier alpha value is -1.87. The van der Waals surface area contributed by atoms with Crippen LogP contribution in [0.1, 0.15) is 89.9 Å². The summed E-state index contributed by atoms with van der Waals surface area (Å²) in [5.74, 6) is 8.98. The standard InChI is InChI=1S/C41H56N2O/c1-25-34-21-35-32-11-7-8-27(32)13-15-33(35)38(34)39-36(22-40(25)16-5-6-17-40)41(39,37(42)24-44)30-14-12-28-18-26(19-29(28)20-30)23-43-31-9-3-2-4-10-31/h2-4,9-10,12,14,24,26-30,32-39,43H,1,5-8,11,13,15-23,42H2/t26-,27+,28+,29+,30-,32-,33-,34+,35+,36+,37-,38+,39+,41+/m0/s1. The highest BCUT2D eigenvalue weighted by atomic mass is 16.1. The van der Waals surface area contributed by atoms with Gasteiger partial charge in [-0.2, -0.15) is 0 Å². The second kappa shape index (κ2) is 10.6. The van der Waals surface area contributed by atoms with Gasteiger partial charge in [0.15, 0.2) is 0 Å². The van der Waals surface area contributed by atoms with Crippen molar-refractivity contribution in [1.29, 1.82) is 0 Å². The normalized spacial score (nSPS) is 48.5. The molecule has 44 heavy (non-hydrogen) atoms. The van der Waals surface area contributed by atoms with E-state index in [0.717, 1.165) is 48.0 Å². The van der Waals surface area contributed by atoms with E-state index in [1.165, 1.54) is 102 Å². The molecule has 0 bridgehead atoms. The number of rotatable bonds is 6. The summed E-state index contributed by atoms with van der Waals surface area (Å²) in [4.78, 5) is 12.9. The smallest absolute Gasteiger partial charge is 0.137 e. The minimum Gasteiger partial charge on any atom is -0.385 e. The molecule has 0 heterocycles. The van der Waals surface area contributed by atoms with Gasteiger partial charge in [0.25, 0.3) is 0 Å². The predicted molar refractivity (Wildman–Crippen MR) is 179 cm³/mol. The third kappa shape index (κ3) is 4.05. The van der Waals surface area contributed by atoms with Crippen LogP contribution >= 0.6 is 0 Å². The summed E-state index contributed by atoms with van der Waals surface area (Å²) < 4.78 is 0. The molecular formula is C41H56N2O. The Morgan fingerprint density at radius 1 is 0.909 bits per heavy atom. The van der Waals surface area contributed by atoms with Crippen molar-refractivity contribution >= 4 is 12.0 Å². The summed E-state index contributed by atoms with van der Waals surface area (Å²) in [6.45, 7) is 6.12. The Bertz CT molecular complexity index is 1300. The van der Waals surface area contributed by atoms with Crippen LogP contribution in [0, 0.1) is 81.8 Å². The lowest BCUT2D eigenvalue weighted by Gasteiger charge is -2.43. The fourth-order valence-corrected chi connectivity index (χ4v) is 14.5. The molecule has 7 saturated carbocycles. The lowest BCUT2D eigenvalue weighted by atomic mass is 9.62. The van der Waals surface area contributed by atoms with Crippen LogP contribution in [0.3, 0.4) is 0 Å². The van der Waals surface area contributed by atoms with Crippen molar-refractivity contribution in [3.05, 3.63) is 54.6 Å². The van der Waals surface area contributed by atoms with Gasteiger partial charge < -0.3 is 15.8 Å². The van der Waals surface area contributed by atoms with Crippen LogP contribution in [0.15, 0.2) is 54.6 Å². The molecular weight excluding hydrogens is 536 g/mol. The number of fused-ring (bicyclic) bond motifs is 8. The molecule has 7 fully saturated rings. The molecule has 0 aromatic heterocycles. The molecule has 1 spiro atoms. The van der Waals surface area contributed by atoms with E-state index in [4.69, 9.17) is 12.3 Å². The zero-order chi connectivity index (χ0) is 29.6. The molecule has 8 aliphatic rings. The minimum absolute atomic E-state index is 0.0236. The zero-order valence-electron chi connectivity index (χ0n) is 26.9. The maximum atomic E-state index is 12.9. The van der Waals surface area contributed by atoms with Gasteiger partial charge in [-0.3, -0.25) is 0 Å². The van der Waals surface area contributed by atoms with Crippen molar-refractivity contribution in [2.75, 3.05) is 11.9 Å². The van der Waals surface area contributed by atoms with Gasteiger partial charge in [-0.15, -0.1) is 0 Å². The molecule has 236 valence electrons. The molecule has 9 rings (SSSR count). The van der Waals surface area contributed by atoms with Crippen molar-refractivity contribution < 1.29 is 4.79 Å². The van der Waals surface area contributed by atoms with Gasteiger partial charge in [0.1, 0.15) is 6.29 Å². The van der Waals surface area contributed by atoms with Gasteiger partial charge >= 0.3 is 0 Å². The van der Waals surface area contributed by atoms with Gasteiger partial charge in [0, 0.05) is 17.6 Å². The molecule has 0 radical (unpaired) electrons. The summed E-state index contributed by atoms with van der Waals surface area (Å²) in [6, 6.07) is 10.4. The van der Waals surface area contributed by atoms with Crippen LogP contribution < -0.4 is 11.1 Å². The Labute approximate surface area is 266 Å². The number of nitrogens with one attached hydrogen (secondary N) is 1. The SMILES string of the molecule is C=C1[C@H]2C[C@@H]3[C@H]4CCC[C@@H]4CC[C@@H]3[C@H]2[C@H]2[C@@H](CC13CCCC3)[C@@]2([C@@H](N)C=O)[C@H]1C=C[C@@H]2C[C@H](CNc3ccccc3)C[C@@H]2C1. The fourth-order valence-electron chi connectivity index (χ4n) is 14.5. The van der Waals surface area contributed by atoms with Crippen molar-refractivity contribution in [2.45, 2.75) is 95.9 Å². The highest BCUT2D eigenvalue weighted by Gasteiger charge is 2.77. The van der Waals surface area contributed by atoms with Crippen LogP contribution in [-0.2, 0) is 4.79 Å². The molecule has 1 aromatic rings. The first-order valence-corrected chi connectivity index (χ1v) is 18.9. The topological polar surface area (TPSA) is 55.1 Å². The molecule has 3 heteroatoms. The highest BCUT2D eigenvalue weighted by molar-refractivity contribution is 5.62. The summed E-state index contributed by atoms with van der Waals surface area (Å²) in [5, 5.41) is 3.73. The summed E-state index contributed by atoms with van der Waals surface area (Å²) in [5.41, 5.74) is 10.4. The summed E-state index contributed by atoms with van der Waals surface area (Å²) >= 11 is 0. The van der Waals surface area contributed by atoms with Gasteiger partial charge in [0.05, 0.1) is 6.04 Å². The first-order chi connectivity index (χ1) is 21.5. The number of hydrogen-bond acceptors (Lipinski definition) is 3. The van der Waals surface area contributed by atoms with E-state index < -0.39 is 0 Å². The Morgan fingerprint density at radius 2 is 1.75 bits per heavy atom. The van der Waals surface area contributed by atoms with E-state index in [0.29, 0.717) is 35.0 Å². The number of carbonyl (C=O) groups is 1. The number of carbonyl (C=O) groups excluding carboxylic acids is 1. The first kappa shape index (κ1) is 28.4. The van der Waals surface area contributed by atoms with Crippen LogP contribution in [0.2, 0.25) is 0 Å². The van der Waals surface area contributed by atoms with Crippen LogP contribution in [0.25, 0.3) is 0 Å². The molecule has 3 N–H and O–H groups in total. The quantitative estimate of drug-likeness (QED) is 0.257. The lowest BCUT2D eigenvalue weighted by molar-refractivity contribution is -0.111. The summed E-state index contributed by atoms with van der Waals surface area (Å²) in [6.07, 6.45) is 25.7. The molecule has 14 atom stereocenters. The number of nitrogens with two attached hydrogens (primary N) is 1. The number of para-hydroxylation sites is 1. The van der Waals surface area contributed by atoms with E-state index in [1.54, 1.807) is 5.57 Å². The van der Waals surface area contributed by atoms with Crippen molar-refractivity contribution in [1.82, 2.24) is 0 Å². The summed E-state index contributed by atoms with van der Waals surface area (Å²) in [7, 11) is 0. The average molecular weight is 593 g/mol. The van der Waals surface area contributed by atoms with Crippen LogP contribution in [-0.4, -0.2) is 18.9 Å². The largest absolute Gasteiger partial charge is 0.385 e. The van der Waals surface area contributed by atoms with Gasteiger partial charge in [-0.25, -0.2) is 0 Å². The number of benzene rings is 1. The number of aldehydes is 1. The number of allylic oxidation sites excluding steroid dienone is 3. The fraction of sp³-hybridized carbons (Fsp3) is 0.732. The van der Waals surface area contributed by atoms with E-state index >= 15 is 0 Å². The minimum atomic E-state index is -0.326. The molecule has 0 saturated heterocycles. The third-order valence-corrected chi connectivity index (χ3v) is 16.2. The predicted octanol–water partition coefficient (Wildman–Crippen LogP) is 8.67. The molecule has 8 aliphatic carbocycles. The Morgan fingerprint density at radius 3 is 2.57 bits per heavy atom. The number of hydrogen-bond donors (Lipinski definition) is 2. The maximum absolute atomic E-state index is 12.9. The molecule has 3 nitrogen and oxygen atoms in total. The van der Waals surface area contributed by atoms with E-state index in [1.807, 2.05) is 0 Å². The van der Waals surface area contributed by atoms with E-state index in [2.05, 4.69) is 47.8 Å². The average Bonchev–Trinajstić information content (AvgIpc) is 3.65. The first-order valence-electron chi connectivity index (χ1n) is 18.9. The van der Waals surface area contributed by atoms with Gasteiger partial charge in [0.2, 0.25) is 0 Å². The highest BCUT2D eigenvalue weighted by Crippen LogP contribution is 2.80. The van der Waals surface area contributed by atoms with Crippen molar-refractivity contribution in [3.8, 4) is 0 Å². The van der Waals surface area contributed by atoms with Crippen molar-refractivity contribution in [3.63, 3.8) is 0 Å². The monoisotopic (exact) mass is 592 g/mol. The van der Waals surface area contributed by atoms with Gasteiger partial charge in [-0.05, 0) is 153 Å². The molecule has 1 aromatic carbocycles. The lowest BCUT2D eigenvalue weighted by Crippen LogP contribution is -2.45. The molecule has 0 aliphatic heterocycles. The third-order valence-electron chi connectivity index (χ3n) is 16.2. The maximum Gasteiger partial charge on any atom is 0.137 e. The molecule has 0 unspecified atom stereocenters. The van der Waals surface area contributed by atoms with E-state index in [-0.39, 0.29) is 11.5 Å². The van der Waals surface area contributed by atoms with Crippen LogP contribution in [0.5, 0.6) is 0 Å². The van der Waals surface area contributed by atoms with Gasteiger partial charge in [-0.1, -0.05) is 68.2 Å². The Kier molecular flexibility index (Phi) is 6.82. The van der Waals surface area contributed by atoms with E-state index in [9.17, 15) is 4.79 Å². The second-order valence-corrected chi connectivity index (χ2v) is 17.4. The Balaban J connectivity index is 1.02. The zero-order valence-corrected chi connectivity index (χ0v) is 26.9. The molecule has 0 amide bonds. The second-order valence-electron chi connectivity index (χ2n) is 17.4. The van der Waals surface area contributed by atoms with Crippen molar-refractivity contribution in [2.24, 2.45) is 87.6 Å².